The lowest BCUT2D eigenvalue weighted by Crippen LogP contribution is -2.32. The van der Waals surface area contributed by atoms with E-state index in [1.54, 1.807) is 11.3 Å². The number of carbonyl (C=O) groups is 1. The van der Waals surface area contributed by atoms with E-state index in [4.69, 9.17) is 9.97 Å². The summed E-state index contributed by atoms with van der Waals surface area (Å²) in [4.78, 5) is 28.3. The second-order valence-electron chi connectivity index (χ2n) is 15.7. The highest BCUT2D eigenvalue weighted by Gasteiger charge is 2.16. The SMILES string of the molecule is CCCCCCCCCCCN(CC)CCCN(CCCCCCCCCCC)CCCCCC(=O)Nc1nc2ccccc2c2sc(CCC)nc12. The fraction of sp³-hybridized carbons (Fsp3) is 0.761. The number of hydrogen-bond donors (Lipinski definition) is 1. The largest absolute Gasteiger partial charge is 0.309 e. The molecule has 0 saturated heterocycles. The number of rotatable bonds is 34. The first-order valence-corrected chi connectivity index (χ1v) is 23.3. The zero-order valence-corrected chi connectivity index (χ0v) is 35.7. The monoisotopic (exact) mass is 750 g/mol. The Kier molecular flexibility index (Phi) is 25.0. The maximum Gasteiger partial charge on any atom is 0.225 e. The molecule has 0 atom stereocenters. The smallest absolute Gasteiger partial charge is 0.225 e. The quantitative estimate of drug-likeness (QED) is 0.0616. The highest BCUT2D eigenvalue weighted by molar-refractivity contribution is 7.19. The first-order chi connectivity index (χ1) is 26.1. The molecule has 3 aromatic rings. The number of para-hydroxylation sites is 1. The van der Waals surface area contributed by atoms with Gasteiger partial charge in [-0.05, 0) is 90.3 Å². The Bertz CT molecular complexity index is 1360. The van der Waals surface area contributed by atoms with Crippen molar-refractivity contribution in [3.63, 3.8) is 0 Å². The number of benzene rings is 1. The van der Waals surface area contributed by atoms with Gasteiger partial charge in [0.25, 0.3) is 0 Å². The average molecular weight is 750 g/mol. The van der Waals surface area contributed by atoms with Crippen LogP contribution in [0.3, 0.4) is 0 Å². The zero-order chi connectivity index (χ0) is 37.8. The number of pyridine rings is 1. The van der Waals surface area contributed by atoms with E-state index >= 15 is 0 Å². The van der Waals surface area contributed by atoms with Gasteiger partial charge in [0, 0.05) is 11.8 Å². The molecule has 3 rings (SSSR count). The molecule has 0 radical (unpaired) electrons. The Morgan fingerprint density at radius 2 is 1.09 bits per heavy atom. The number of hydrogen-bond acceptors (Lipinski definition) is 6. The van der Waals surface area contributed by atoms with Gasteiger partial charge in [0.1, 0.15) is 5.52 Å². The van der Waals surface area contributed by atoms with E-state index in [1.807, 2.05) is 12.1 Å². The van der Waals surface area contributed by atoms with E-state index in [2.05, 4.69) is 54.9 Å². The van der Waals surface area contributed by atoms with Crippen LogP contribution in [-0.2, 0) is 11.2 Å². The number of anilines is 1. The van der Waals surface area contributed by atoms with Crippen molar-refractivity contribution in [2.24, 2.45) is 0 Å². The number of aromatic nitrogens is 2. The lowest BCUT2D eigenvalue weighted by molar-refractivity contribution is -0.116. The Balaban J connectivity index is 1.40. The first kappa shape index (κ1) is 45.3. The summed E-state index contributed by atoms with van der Waals surface area (Å²) in [6.07, 6.45) is 32.0. The van der Waals surface area contributed by atoms with Crippen molar-refractivity contribution in [1.29, 1.82) is 0 Å². The molecule has 1 aromatic carbocycles. The highest BCUT2D eigenvalue weighted by atomic mass is 32.1. The molecule has 300 valence electrons. The normalized spacial score (nSPS) is 11.9. The summed E-state index contributed by atoms with van der Waals surface area (Å²) >= 11 is 1.74. The molecule has 0 aliphatic carbocycles. The van der Waals surface area contributed by atoms with Crippen molar-refractivity contribution < 1.29 is 4.79 Å². The number of amides is 1. The van der Waals surface area contributed by atoms with Crippen LogP contribution < -0.4 is 5.32 Å². The molecular weight excluding hydrogens is 671 g/mol. The summed E-state index contributed by atoms with van der Waals surface area (Å²) in [5.74, 6) is 0.672. The van der Waals surface area contributed by atoms with Crippen molar-refractivity contribution in [3.8, 4) is 0 Å². The predicted molar refractivity (Wildman–Crippen MR) is 234 cm³/mol. The van der Waals surface area contributed by atoms with Gasteiger partial charge in [-0.15, -0.1) is 11.3 Å². The van der Waals surface area contributed by atoms with Crippen molar-refractivity contribution >= 4 is 44.2 Å². The van der Waals surface area contributed by atoms with Gasteiger partial charge in [0.15, 0.2) is 5.82 Å². The van der Waals surface area contributed by atoms with E-state index < -0.39 is 0 Å². The van der Waals surface area contributed by atoms with Crippen molar-refractivity contribution in [2.45, 2.75) is 188 Å². The highest BCUT2D eigenvalue weighted by Crippen LogP contribution is 2.34. The lowest BCUT2D eigenvalue weighted by atomic mass is 10.1. The molecule has 1 N–H and O–H groups in total. The first-order valence-electron chi connectivity index (χ1n) is 22.5. The van der Waals surface area contributed by atoms with Crippen LogP contribution in [0.2, 0.25) is 0 Å². The van der Waals surface area contributed by atoms with Crippen LogP contribution in [0.15, 0.2) is 24.3 Å². The van der Waals surface area contributed by atoms with Crippen molar-refractivity contribution in [3.05, 3.63) is 29.3 Å². The van der Waals surface area contributed by atoms with Crippen LogP contribution in [0.1, 0.15) is 187 Å². The minimum atomic E-state index is 0.0531. The van der Waals surface area contributed by atoms with Gasteiger partial charge in [-0.3, -0.25) is 4.79 Å². The van der Waals surface area contributed by atoms with Crippen LogP contribution in [-0.4, -0.2) is 64.9 Å². The summed E-state index contributed by atoms with van der Waals surface area (Å²) in [6, 6.07) is 8.21. The third kappa shape index (κ3) is 18.9. The molecule has 53 heavy (non-hydrogen) atoms. The Hall–Kier alpha value is -2.09. The second-order valence-corrected chi connectivity index (χ2v) is 16.7. The number of unbranched alkanes of at least 4 members (excludes halogenated alkanes) is 18. The summed E-state index contributed by atoms with van der Waals surface area (Å²) in [7, 11) is 0. The number of nitrogens with zero attached hydrogens (tertiary/aromatic N) is 4. The summed E-state index contributed by atoms with van der Waals surface area (Å²) in [5, 5.41) is 5.38. The van der Waals surface area contributed by atoms with Crippen LogP contribution >= 0.6 is 11.3 Å². The van der Waals surface area contributed by atoms with E-state index in [1.165, 1.54) is 155 Å². The molecule has 7 heteroatoms. The molecule has 0 aliphatic rings. The summed E-state index contributed by atoms with van der Waals surface area (Å²) in [6.45, 7) is 16.3. The fourth-order valence-electron chi connectivity index (χ4n) is 7.62. The molecule has 6 nitrogen and oxygen atoms in total. The number of fused-ring (bicyclic) bond motifs is 3. The van der Waals surface area contributed by atoms with Gasteiger partial charge in [-0.1, -0.05) is 155 Å². The summed E-state index contributed by atoms with van der Waals surface area (Å²) in [5.41, 5.74) is 1.76. The Morgan fingerprint density at radius 1 is 0.585 bits per heavy atom. The van der Waals surface area contributed by atoms with Crippen molar-refractivity contribution in [1.82, 2.24) is 19.8 Å². The van der Waals surface area contributed by atoms with Crippen LogP contribution in [0.5, 0.6) is 0 Å². The van der Waals surface area contributed by atoms with E-state index in [0.717, 1.165) is 64.8 Å². The Labute approximate surface area is 329 Å². The standard InChI is InChI=1S/C46H79N5OS/c1-5-9-11-13-15-17-19-21-27-35-50(8-4)38-30-39-51(36-28-22-20-18-16-14-12-10-6-2)37-29-23-24-34-42(52)48-46-44-45(53-43(49-44)31-7-3)40-32-25-26-33-41(40)47-46/h25-26,32-33H,5-24,27-31,34-39H2,1-4H3,(H,47,48,52). The van der Waals surface area contributed by atoms with E-state index in [9.17, 15) is 4.79 Å². The third-order valence-corrected chi connectivity index (χ3v) is 12.1. The van der Waals surface area contributed by atoms with Gasteiger partial charge in [0.2, 0.25) is 5.91 Å². The molecule has 2 aromatic heterocycles. The molecule has 0 fully saturated rings. The number of thiazole rings is 1. The average Bonchev–Trinajstić information content (AvgIpc) is 3.60. The second kappa shape index (κ2) is 29.2. The molecule has 0 saturated carbocycles. The molecule has 0 unspecified atom stereocenters. The fourth-order valence-corrected chi connectivity index (χ4v) is 8.82. The van der Waals surface area contributed by atoms with Crippen LogP contribution in [0.4, 0.5) is 5.82 Å². The van der Waals surface area contributed by atoms with Crippen molar-refractivity contribution in [2.75, 3.05) is 44.6 Å². The molecule has 0 aliphatic heterocycles. The van der Waals surface area contributed by atoms with Gasteiger partial charge in [0.05, 0.1) is 15.2 Å². The predicted octanol–water partition coefficient (Wildman–Crippen LogP) is 13.4. The summed E-state index contributed by atoms with van der Waals surface area (Å²) < 4.78 is 1.13. The number of nitrogens with one attached hydrogen (secondary N) is 1. The molecular formula is C46H79N5OS. The van der Waals surface area contributed by atoms with Gasteiger partial charge in [-0.2, -0.15) is 0 Å². The topological polar surface area (TPSA) is 61.4 Å². The lowest BCUT2D eigenvalue weighted by Gasteiger charge is -2.25. The van der Waals surface area contributed by atoms with E-state index in [0.29, 0.717) is 12.2 Å². The zero-order valence-electron chi connectivity index (χ0n) is 34.8. The van der Waals surface area contributed by atoms with Gasteiger partial charge in [-0.25, -0.2) is 9.97 Å². The number of carbonyl (C=O) groups excluding carboxylic acids is 1. The maximum atomic E-state index is 13.1. The third-order valence-electron chi connectivity index (χ3n) is 10.9. The molecule has 1 amide bonds. The van der Waals surface area contributed by atoms with Gasteiger partial charge < -0.3 is 15.1 Å². The molecule has 0 spiro atoms. The van der Waals surface area contributed by atoms with Crippen LogP contribution in [0.25, 0.3) is 21.1 Å². The molecule has 2 heterocycles. The molecule has 0 bridgehead atoms. The minimum Gasteiger partial charge on any atom is -0.309 e. The van der Waals surface area contributed by atoms with E-state index in [-0.39, 0.29) is 5.91 Å². The minimum absolute atomic E-state index is 0.0531. The van der Waals surface area contributed by atoms with Gasteiger partial charge >= 0.3 is 0 Å². The maximum absolute atomic E-state index is 13.1. The number of aryl methyl sites for hydroxylation is 1. The Morgan fingerprint density at radius 3 is 1.68 bits per heavy atom. The van der Waals surface area contributed by atoms with Crippen LogP contribution in [0, 0.1) is 0 Å².